The van der Waals surface area contributed by atoms with E-state index in [1.165, 1.54) is 31.2 Å². The lowest BCUT2D eigenvalue weighted by atomic mass is 10.1. The zero-order valence-corrected chi connectivity index (χ0v) is 12.2. The van der Waals surface area contributed by atoms with Crippen molar-refractivity contribution in [3.05, 3.63) is 28.8 Å². The third kappa shape index (κ3) is 5.74. The summed E-state index contributed by atoms with van der Waals surface area (Å²) < 4.78 is 5.14. The Hall–Kier alpha value is -0.730. The highest BCUT2D eigenvalue weighted by atomic mass is 35.5. The number of halogens is 1. The van der Waals surface area contributed by atoms with Gasteiger partial charge in [-0.25, -0.2) is 0 Å². The molecule has 1 N–H and O–H groups in total. The lowest BCUT2D eigenvalue weighted by Gasteiger charge is -2.06. The summed E-state index contributed by atoms with van der Waals surface area (Å²) >= 11 is 6.09. The van der Waals surface area contributed by atoms with E-state index in [1.54, 1.807) is 7.11 Å². The highest BCUT2D eigenvalue weighted by Gasteiger charge is 2.01. The van der Waals surface area contributed by atoms with Crippen molar-refractivity contribution in [2.24, 2.45) is 0 Å². The second-order valence-electron chi connectivity index (χ2n) is 4.49. The summed E-state index contributed by atoms with van der Waals surface area (Å²) in [5, 5.41) is 4.06. The fourth-order valence-electron chi connectivity index (χ4n) is 1.97. The number of rotatable bonds is 9. The van der Waals surface area contributed by atoms with Crippen LogP contribution in [0.25, 0.3) is 0 Å². The Morgan fingerprint density at radius 1 is 1.17 bits per heavy atom. The smallest absolute Gasteiger partial charge is 0.137 e. The van der Waals surface area contributed by atoms with Gasteiger partial charge in [-0.1, -0.05) is 37.4 Å². The number of hydrogen-bond acceptors (Lipinski definition) is 2. The highest BCUT2D eigenvalue weighted by Crippen LogP contribution is 2.25. The first-order valence-corrected chi connectivity index (χ1v) is 7.19. The van der Waals surface area contributed by atoms with E-state index in [2.05, 4.69) is 18.3 Å². The summed E-state index contributed by atoms with van der Waals surface area (Å²) in [4.78, 5) is 0. The Bertz CT molecular complexity index is 341. The molecule has 0 saturated heterocycles. The second-order valence-corrected chi connectivity index (χ2v) is 4.89. The minimum atomic E-state index is 0.710. The van der Waals surface area contributed by atoms with Crippen LogP contribution in [-0.4, -0.2) is 20.2 Å². The van der Waals surface area contributed by atoms with E-state index in [9.17, 15) is 0 Å². The van der Waals surface area contributed by atoms with Crippen molar-refractivity contribution in [1.29, 1.82) is 0 Å². The molecular formula is C15H24ClNO. The number of methoxy groups -OCH3 is 1. The van der Waals surface area contributed by atoms with E-state index in [1.807, 2.05) is 12.1 Å². The van der Waals surface area contributed by atoms with E-state index in [0.717, 1.165) is 25.3 Å². The summed E-state index contributed by atoms with van der Waals surface area (Å²) in [6.07, 6.45) is 6.20. The average molecular weight is 270 g/mol. The molecule has 1 rings (SSSR count). The lowest BCUT2D eigenvalue weighted by Crippen LogP contribution is -2.13. The van der Waals surface area contributed by atoms with Crippen molar-refractivity contribution < 1.29 is 4.74 Å². The molecular weight excluding hydrogens is 246 g/mol. The van der Waals surface area contributed by atoms with Crippen molar-refractivity contribution in [3.63, 3.8) is 0 Å². The first kappa shape index (κ1) is 15.3. The van der Waals surface area contributed by atoms with E-state index in [4.69, 9.17) is 16.3 Å². The molecule has 0 fully saturated rings. The van der Waals surface area contributed by atoms with Crippen LogP contribution in [-0.2, 0) is 6.42 Å². The van der Waals surface area contributed by atoms with Crippen LogP contribution in [0, 0.1) is 0 Å². The van der Waals surface area contributed by atoms with E-state index in [-0.39, 0.29) is 0 Å². The van der Waals surface area contributed by atoms with Crippen LogP contribution in [0.4, 0.5) is 0 Å². The largest absolute Gasteiger partial charge is 0.495 e. The summed E-state index contributed by atoms with van der Waals surface area (Å²) in [7, 11) is 1.64. The van der Waals surface area contributed by atoms with E-state index in [0.29, 0.717) is 5.02 Å². The molecule has 1 aromatic rings. The maximum absolute atomic E-state index is 6.09. The molecule has 0 unspecified atom stereocenters. The van der Waals surface area contributed by atoms with Gasteiger partial charge in [0.2, 0.25) is 0 Å². The quantitative estimate of drug-likeness (QED) is 0.683. The number of benzene rings is 1. The molecule has 0 bridgehead atoms. The van der Waals surface area contributed by atoms with Crippen LogP contribution in [0.1, 0.15) is 38.2 Å². The summed E-state index contributed by atoms with van der Waals surface area (Å²) in [6, 6.07) is 6.06. The third-order valence-electron chi connectivity index (χ3n) is 3.04. The predicted octanol–water partition coefficient (Wildman–Crippen LogP) is 4.06. The minimum Gasteiger partial charge on any atom is -0.495 e. The zero-order chi connectivity index (χ0) is 13.2. The van der Waals surface area contributed by atoms with Crippen LogP contribution in [0.15, 0.2) is 18.2 Å². The van der Waals surface area contributed by atoms with Gasteiger partial charge in [0.25, 0.3) is 0 Å². The monoisotopic (exact) mass is 269 g/mol. The molecule has 0 amide bonds. The van der Waals surface area contributed by atoms with Crippen LogP contribution in [0.3, 0.4) is 0 Å². The summed E-state index contributed by atoms with van der Waals surface area (Å²) in [6.45, 7) is 4.36. The molecule has 0 atom stereocenters. The van der Waals surface area contributed by atoms with Gasteiger partial charge in [-0.05, 0) is 50.0 Å². The molecule has 0 saturated carbocycles. The normalized spacial score (nSPS) is 10.6. The molecule has 0 heterocycles. The van der Waals surface area contributed by atoms with Crippen molar-refractivity contribution in [2.75, 3.05) is 20.2 Å². The van der Waals surface area contributed by atoms with Gasteiger partial charge in [-0.3, -0.25) is 0 Å². The highest BCUT2D eigenvalue weighted by molar-refractivity contribution is 6.32. The molecule has 0 radical (unpaired) electrons. The maximum atomic E-state index is 6.09. The Morgan fingerprint density at radius 3 is 2.61 bits per heavy atom. The number of hydrogen-bond donors (Lipinski definition) is 1. The average Bonchev–Trinajstić information content (AvgIpc) is 2.38. The molecule has 0 aliphatic heterocycles. The van der Waals surface area contributed by atoms with E-state index >= 15 is 0 Å². The first-order chi connectivity index (χ1) is 8.77. The number of ether oxygens (including phenoxy) is 1. The van der Waals surface area contributed by atoms with Crippen LogP contribution >= 0.6 is 11.6 Å². The molecule has 2 nitrogen and oxygen atoms in total. The van der Waals surface area contributed by atoms with Gasteiger partial charge in [0, 0.05) is 0 Å². The second kappa shape index (κ2) is 9.23. The van der Waals surface area contributed by atoms with Gasteiger partial charge in [-0.2, -0.15) is 0 Å². The lowest BCUT2D eigenvalue weighted by molar-refractivity contribution is 0.415. The van der Waals surface area contributed by atoms with Crippen molar-refractivity contribution >= 4 is 11.6 Å². The van der Waals surface area contributed by atoms with Crippen molar-refractivity contribution in [1.82, 2.24) is 5.32 Å². The van der Waals surface area contributed by atoms with Gasteiger partial charge in [-0.15, -0.1) is 0 Å². The van der Waals surface area contributed by atoms with Gasteiger partial charge in [0.05, 0.1) is 12.1 Å². The topological polar surface area (TPSA) is 21.3 Å². The Kier molecular flexibility index (Phi) is 7.86. The molecule has 0 aliphatic carbocycles. The zero-order valence-electron chi connectivity index (χ0n) is 11.5. The summed E-state index contributed by atoms with van der Waals surface area (Å²) in [5.74, 6) is 0.756. The molecule has 18 heavy (non-hydrogen) atoms. The SMILES string of the molecule is CCNCCCCCCc1ccc(OC)c(Cl)c1. The molecule has 3 heteroatoms. The van der Waals surface area contributed by atoms with Gasteiger partial charge >= 0.3 is 0 Å². The number of unbranched alkanes of at least 4 members (excludes halogenated alkanes) is 3. The van der Waals surface area contributed by atoms with Crippen molar-refractivity contribution in [2.45, 2.75) is 39.0 Å². The standard InChI is InChI=1S/C15H24ClNO/c1-3-17-11-7-5-4-6-8-13-9-10-15(18-2)14(16)12-13/h9-10,12,17H,3-8,11H2,1-2H3. The Morgan fingerprint density at radius 2 is 1.94 bits per heavy atom. The van der Waals surface area contributed by atoms with Crippen LogP contribution in [0.5, 0.6) is 5.75 Å². The van der Waals surface area contributed by atoms with Gasteiger partial charge in [0.1, 0.15) is 5.75 Å². The molecule has 0 spiro atoms. The third-order valence-corrected chi connectivity index (χ3v) is 3.33. The predicted molar refractivity (Wildman–Crippen MR) is 78.7 cm³/mol. The van der Waals surface area contributed by atoms with E-state index < -0.39 is 0 Å². The van der Waals surface area contributed by atoms with Crippen LogP contribution < -0.4 is 10.1 Å². The molecule has 102 valence electrons. The number of aryl methyl sites for hydroxylation is 1. The number of nitrogens with one attached hydrogen (secondary N) is 1. The summed E-state index contributed by atoms with van der Waals surface area (Å²) in [5.41, 5.74) is 1.30. The molecule has 0 aliphatic rings. The van der Waals surface area contributed by atoms with Crippen LogP contribution in [0.2, 0.25) is 5.02 Å². The van der Waals surface area contributed by atoms with Crippen molar-refractivity contribution in [3.8, 4) is 5.75 Å². The fraction of sp³-hybridized carbons (Fsp3) is 0.600. The molecule has 1 aromatic carbocycles. The van der Waals surface area contributed by atoms with Gasteiger partial charge in [0.15, 0.2) is 0 Å². The maximum Gasteiger partial charge on any atom is 0.137 e. The van der Waals surface area contributed by atoms with Gasteiger partial charge < -0.3 is 10.1 Å². The Labute approximate surface area is 116 Å². The fourth-order valence-corrected chi connectivity index (χ4v) is 2.26. The minimum absolute atomic E-state index is 0.710. The first-order valence-electron chi connectivity index (χ1n) is 6.81. The molecule has 0 aromatic heterocycles. The Balaban J connectivity index is 2.17.